The Hall–Kier alpha value is -2.35. The molecule has 1 aliphatic heterocycles. The van der Waals surface area contributed by atoms with Gasteiger partial charge in [0.15, 0.2) is 0 Å². The zero-order chi connectivity index (χ0) is 26.2. The summed E-state index contributed by atoms with van der Waals surface area (Å²) in [5.41, 5.74) is 4.09. The number of hydrogen-bond donors (Lipinski definition) is 2. The molecule has 6 nitrogen and oxygen atoms in total. The van der Waals surface area contributed by atoms with Gasteiger partial charge in [-0.15, -0.1) is 0 Å². The minimum Gasteiger partial charge on any atom is -0.491 e. The highest BCUT2D eigenvalue weighted by atomic mass is 35.5. The predicted octanol–water partition coefficient (Wildman–Crippen LogP) is 5.70. The van der Waals surface area contributed by atoms with Gasteiger partial charge in [0.2, 0.25) is 0 Å². The van der Waals surface area contributed by atoms with E-state index in [0.717, 1.165) is 44.7 Å². The molecular formula is C29H35Cl2N3O3. The summed E-state index contributed by atoms with van der Waals surface area (Å²) in [5, 5.41) is 20.0. The highest BCUT2D eigenvalue weighted by Crippen LogP contribution is 2.38. The molecule has 1 aromatic heterocycles. The largest absolute Gasteiger partial charge is 0.491 e. The van der Waals surface area contributed by atoms with Gasteiger partial charge < -0.3 is 19.8 Å². The molecule has 4 rings (SSSR count). The number of pyridine rings is 1. The normalized spacial score (nSPS) is 17.1. The fraction of sp³-hybridized carbons (Fsp3) is 0.414. The molecule has 198 valence electrons. The molecule has 0 unspecified atom stereocenters. The molecular weight excluding hydrogens is 509 g/mol. The molecule has 0 amide bonds. The van der Waals surface area contributed by atoms with Crippen molar-refractivity contribution in [2.24, 2.45) is 0 Å². The van der Waals surface area contributed by atoms with Crippen LogP contribution in [0, 0.1) is 0 Å². The van der Waals surface area contributed by atoms with E-state index in [2.05, 4.69) is 39.9 Å². The summed E-state index contributed by atoms with van der Waals surface area (Å²) in [6.07, 6.45) is 3.96. The molecule has 0 aliphatic carbocycles. The number of aliphatic hydroxyl groups is 2. The molecule has 0 spiro atoms. The lowest BCUT2D eigenvalue weighted by molar-refractivity contribution is 0.201. The van der Waals surface area contributed by atoms with Gasteiger partial charge in [-0.25, -0.2) is 0 Å². The molecule has 0 radical (unpaired) electrons. The van der Waals surface area contributed by atoms with Crippen molar-refractivity contribution in [3.05, 3.63) is 87.7 Å². The van der Waals surface area contributed by atoms with Gasteiger partial charge >= 0.3 is 0 Å². The number of hydrogen-bond acceptors (Lipinski definition) is 6. The van der Waals surface area contributed by atoms with Gasteiger partial charge in [-0.1, -0.05) is 48.7 Å². The third-order valence-electron chi connectivity index (χ3n) is 6.90. The molecule has 1 aliphatic rings. The zero-order valence-corrected chi connectivity index (χ0v) is 22.7. The SMILES string of the molecule is CCC[C@H](CN1CCN(c2ccc(OCCO)cc2Cl)[C@H](c2ccc(Cl)cc2)C1)c1ccnc(CO)c1. The van der Waals surface area contributed by atoms with Crippen molar-refractivity contribution in [3.8, 4) is 5.75 Å². The first kappa shape index (κ1) is 27.7. The third kappa shape index (κ3) is 7.15. The molecule has 1 saturated heterocycles. The number of aliphatic hydroxyl groups excluding tert-OH is 2. The van der Waals surface area contributed by atoms with E-state index in [0.29, 0.717) is 27.4 Å². The van der Waals surface area contributed by atoms with Crippen LogP contribution in [0.5, 0.6) is 5.75 Å². The summed E-state index contributed by atoms with van der Waals surface area (Å²) >= 11 is 13.0. The monoisotopic (exact) mass is 543 g/mol. The van der Waals surface area contributed by atoms with Gasteiger partial charge in [-0.3, -0.25) is 9.88 Å². The van der Waals surface area contributed by atoms with E-state index in [1.807, 2.05) is 36.4 Å². The Bertz CT molecular complexity index is 1150. The van der Waals surface area contributed by atoms with Crippen molar-refractivity contribution in [1.82, 2.24) is 9.88 Å². The Kier molecular flexibility index (Phi) is 10.1. The van der Waals surface area contributed by atoms with Crippen LogP contribution in [-0.2, 0) is 6.61 Å². The number of anilines is 1. The molecule has 2 aromatic carbocycles. The van der Waals surface area contributed by atoms with E-state index < -0.39 is 0 Å². The molecule has 2 N–H and O–H groups in total. The molecule has 1 fully saturated rings. The number of halogens is 2. The lowest BCUT2D eigenvalue weighted by Gasteiger charge is -2.44. The Morgan fingerprint density at radius 1 is 1.05 bits per heavy atom. The van der Waals surface area contributed by atoms with E-state index in [-0.39, 0.29) is 25.9 Å². The number of aromatic nitrogens is 1. The summed E-state index contributed by atoms with van der Waals surface area (Å²) in [6, 6.07) is 18.0. The van der Waals surface area contributed by atoms with Crippen LogP contribution in [0.15, 0.2) is 60.8 Å². The quantitative estimate of drug-likeness (QED) is 0.323. The van der Waals surface area contributed by atoms with Gasteiger partial charge in [0.25, 0.3) is 0 Å². The first-order valence-corrected chi connectivity index (χ1v) is 13.6. The van der Waals surface area contributed by atoms with Crippen LogP contribution in [0.25, 0.3) is 0 Å². The van der Waals surface area contributed by atoms with E-state index in [1.165, 1.54) is 11.1 Å². The fourth-order valence-electron chi connectivity index (χ4n) is 5.10. The van der Waals surface area contributed by atoms with E-state index in [1.54, 1.807) is 6.20 Å². The van der Waals surface area contributed by atoms with Crippen molar-refractivity contribution in [2.75, 3.05) is 44.3 Å². The van der Waals surface area contributed by atoms with E-state index in [4.69, 9.17) is 33.0 Å². The topological polar surface area (TPSA) is 69.1 Å². The second kappa shape index (κ2) is 13.4. The van der Waals surface area contributed by atoms with Crippen LogP contribution in [0.2, 0.25) is 10.0 Å². The minimum atomic E-state index is -0.0470. The standard InChI is InChI=1S/C29H35Cl2N3O3/c1-2-3-23(22-10-11-32-25(16-22)20-36)18-33-12-13-34(29(19-33)21-4-6-24(30)7-5-21)28-9-8-26(17-27(28)31)37-15-14-35/h4-11,16-17,23,29,35-36H,2-3,12-15,18-20H2,1H3/t23-,29+/m1/s1. The molecule has 37 heavy (non-hydrogen) atoms. The van der Waals surface area contributed by atoms with Crippen molar-refractivity contribution in [1.29, 1.82) is 0 Å². The molecule has 3 aromatic rings. The van der Waals surface area contributed by atoms with E-state index in [9.17, 15) is 5.11 Å². The second-order valence-electron chi connectivity index (χ2n) is 9.43. The van der Waals surface area contributed by atoms with E-state index >= 15 is 0 Å². The number of ether oxygens (including phenoxy) is 1. The first-order chi connectivity index (χ1) is 18.0. The third-order valence-corrected chi connectivity index (χ3v) is 7.45. The lowest BCUT2D eigenvalue weighted by Crippen LogP contribution is -2.49. The summed E-state index contributed by atoms with van der Waals surface area (Å²) in [6.45, 7) is 5.86. The van der Waals surface area contributed by atoms with Crippen LogP contribution in [0.1, 0.15) is 48.5 Å². The van der Waals surface area contributed by atoms with Gasteiger partial charge in [0.05, 0.1) is 35.7 Å². The fourth-order valence-corrected chi connectivity index (χ4v) is 5.50. The number of nitrogens with zero attached hydrogens (tertiary/aromatic N) is 3. The number of benzene rings is 2. The maximum Gasteiger partial charge on any atom is 0.121 e. The van der Waals surface area contributed by atoms with Gasteiger partial charge in [0, 0.05) is 43.5 Å². The van der Waals surface area contributed by atoms with Gasteiger partial charge in [0.1, 0.15) is 12.4 Å². The molecule has 0 bridgehead atoms. The summed E-state index contributed by atoms with van der Waals surface area (Å²) in [5.74, 6) is 1.01. The van der Waals surface area contributed by atoms with Crippen molar-refractivity contribution in [2.45, 2.75) is 38.3 Å². The van der Waals surface area contributed by atoms with Crippen molar-refractivity contribution >= 4 is 28.9 Å². The Morgan fingerprint density at radius 3 is 2.57 bits per heavy atom. The maximum absolute atomic E-state index is 9.58. The zero-order valence-electron chi connectivity index (χ0n) is 21.2. The van der Waals surface area contributed by atoms with Crippen LogP contribution in [0.4, 0.5) is 5.69 Å². The molecule has 2 atom stereocenters. The Morgan fingerprint density at radius 2 is 1.86 bits per heavy atom. The Balaban J connectivity index is 1.58. The molecule has 8 heteroatoms. The summed E-state index contributed by atoms with van der Waals surface area (Å²) in [4.78, 5) is 9.16. The minimum absolute atomic E-state index is 0.0419. The summed E-state index contributed by atoms with van der Waals surface area (Å²) < 4.78 is 5.55. The van der Waals surface area contributed by atoms with Gasteiger partial charge in [-0.05, 0) is 59.9 Å². The highest BCUT2D eigenvalue weighted by Gasteiger charge is 2.31. The first-order valence-electron chi connectivity index (χ1n) is 12.9. The van der Waals surface area contributed by atoms with Crippen LogP contribution >= 0.6 is 23.2 Å². The number of rotatable bonds is 11. The van der Waals surface area contributed by atoms with Crippen LogP contribution in [0.3, 0.4) is 0 Å². The van der Waals surface area contributed by atoms with Gasteiger partial charge in [-0.2, -0.15) is 0 Å². The Labute approximate surface area is 229 Å². The van der Waals surface area contributed by atoms with Crippen LogP contribution in [-0.4, -0.2) is 59.5 Å². The highest BCUT2D eigenvalue weighted by molar-refractivity contribution is 6.33. The average molecular weight is 545 g/mol. The lowest BCUT2D eigenvalue weighted by atomic mass is 9.93. The van der Waals surface area contributed by atoms with Crippen molar-refractivity contribution in [3.63, 3.8) is 0 Å². The number of piperazine rings is 1. The average Bonchev–Trinajstić information content (AvgIpc) is 2.92. The predicted molar refractivity (Wildman–Crippen MR) is 150 cm³/mol. The van der Waals surface area contributed by atoms with Crippen LogP contribution < -0.4 is 9.64 Å². The summed E-state index contributed by atoms with van der Waals surface area (Å²) in [7, 11) is 0. The second-order valence-corrected chi connectivity index (χ2v) is 10.3. The van der Waals surface area contributed by atoms with Crippen molar-refractivity contribution < 1.29 is 14.9 Å². The smallest absolute Gasteiger partial charge is 0.121 e. The molecule has 2 heterocycles. The maximum atomic E-state index is 9.58. The molecule has 0 saturated carbocycles.